The zero-order valence-electron chi connectivity index (χ0n) is 12.1. The molecule has 0 radical (unpaired) electrons. The predicted molar refractivity (Wildman–Crippen MR) is 78.9 cm³/mol. The molecule has 108 valence electrons. The Morgan fingerprint density at radius 2 is 2.25 bits per heavy atom. The van der Waals surface area contributed by atoms with Gasteiger partial charge in [-0.1, -0.05) is 12.1 Å². The van der Waals surface area contributed by atoms with E-state index in [-0.39, 0.29) is 0 Å². The van der Waals surface area contributed by atoms with Crippen LogP contribution in [0.25, 0.3) is 0 Å². The Kier molecular flexibility index (Phi) is 5.18. The minimum Gasteiger partial charge on any atom is -0.493 e. The fraction of sp³-hybridized carbons (Fsp3) is 0.438. The van der Waals surface area contributed by atoms with Crippen molar-refractivity contribution in [2.24, 2.45) is 0 Å². The van der Waals surface area contributed by atoms with E-state index in [2.05, 4.69) is 11.9 Å². The topological polar surface area (TPSA) is 47.3 Å². The van der Waals surface area contributed by atoms with Gasteiger partial charge in [0.25, 0.3) is 0 Å². The number of ether oxygens (including phenoxy) is 1. The summed E-state index contributed by atoms with van der Waals surface area (Å²) >= 11 is 0. The Balaban J connectivity index is 1.76. The molecule has 0 aliphatic carbocycles. The average Bonchev–Trinajstić information content (AvgIpc) is 2.86. The molecular weight excluding hydrogens is 252 g/mol. The minimum atomic E-state index is -0.424. The van der Waals surface area contributed by atoms with Gasteiger partial charge >= 0.3 is 0 Å². The monoisotopic (exact) mass is 274 g/mol. The second-order valence-corrected chi connectivity index (χ2v) is 4.94. The van der Waals surface area contributed by atoms with Crippen molar-refractivity contribution in [1.29, 1.82) is 0 Å². The van der Waals surface area contributed by atoms with Gasteiger partial charge in [0.1, 0.15) is 11.6 Å². The first-order valence-electron chi connectivity index (χ1n) is 7.06. The van der Waals surface area contributed by atoms with Crippen LogP contribution in [0.5, 0.6) is 5.75 Å². The van der Waals surface area contributed by atoms with Gasteiger partial charge in [-0.15, -0.1) is 0 Å². The summed E-state index contributed by atoms with van der Waals surface area (Å²) in [6.07, 6.45) is 4.45. The number of imidazole rings is 1. The van der Waals surface area contributed by atoms with Gasteiger partial charge in [0.2, 0.25) is 0 Å². The van der Waals surface area contributed by atoms with Crippen LogP contribution in [0.4, 0.5) is 0 Å². The van der Waals surface area contributed by atoms with Crippen LogP contribution in [0.2, 0.25) is 0 Å². The molecular formula is C16H22N2O2. The summed E-state index contributed by atoms with van der Waals surface area (Å²) < 4.78 is 7.69. The van der Waals surface area contributed by atoms with Gasteiger partial charge in [-0.05, 0) is 31.5 Å². The van der Waals surface area contributed by atoms with Gasteiger partial charge in [-0.25, -0.2) is 4.98 Å². The maximum absolute atomic E-state index is 10.0. The Bertz CT molecular complexity index is 537. The molecule has 1 unspecified atom stereocenters. The highest BCUT2D eigenvalue weighted by Crippen LogP contribution is 2.13. The van der Waals surface area contributed by atoms with Gasteiger partial charge in [0.05, 0.1) is 12.7 Å². The maximum Gasteiger partial charge on any atom is 0.119 e. The van der Waals surface area contributed by atoms with Crippen LogP contribution in [-0.2, 0) is 13.0 Å². The first kappa shape index (κ1) is 14.6. The lowest BCUT2D eigenvalue weighted by Gasteiger charge is -2.12. The molecule has 0 spiro atoms. The van der Waals surface area contributed by atoms with Crippen molar-refractivity contribution in [1.82, 2.24) is 9.55 Å². The Morgan fingerprint density at radius 1 is 1.40 bits per heavy atom. The molecule has 1 aromatic heterocycles. The quantitative estimate of drug-likeness (QED) is 0.844. The molecule has 1 atom stereocenters. The van der Waals surface area contributed by atoms with Crippen molar-refractivity contribution < 1.29 is 9.84 Å². The molecule has 4 nitrogen and oxygen atoms in total. The van der Waals surface area contributed by atoms with Gasteiger partial charge in [-0.2, -0.15) is 0 Å². The van der Waals surface area contributed by atoms with Crippen molar-refractivity contribution in [3.8, 4) is 5.75 Å². The van der Waals surface area contributed by atoms with Crippen LogP contribution < -0.4 is 4.74 Å². The van der Waals surface area contributed by atoms with Crippen LogP contribution in [0.1, 0.15) is 24.7 Å². The lowest BCUT2D eigenvalue weighted by atomic mass is 10.2. The zero-order valence-corrected chi connectivity index (χ0v) is 12.1. The van der Waals surface area contributed by atoms with Crippen LogP contribution in [-0.4, -0.2) is 27.4 Å². The van der Waals surface area contributed by atoms with E-state index in [0.29, 0.717) is 19.4 Å². The summed E-state index contributed by atoms with van der Waals surface area (Å²) in [4.78, 5) is 4.27. The Morgan fingerprint density at radius 3 is 3.00 bits per heavy atom. The third-order valence-electron chi connectivity index (χ3n) is 3.27. The van der Waals surface area contributed by atoms with Crippen LogP contribution in [0.3, 0.4) is 0 Å². The molecule has 1 heterocycles. The van der Waals surface area contributed by atoms with Crippen molar-refractivity contribution in [2.75, 3.05) is 6.61 Å². The molecule has 0 saturated carbocycles. The number of aryl methyl sites for hydroxylation is 2. The smallest absolute Gasteiger partial charge is 0.119 e. The number of hydrogen-bond acceptors (Lipinski definition) is 3. The van der Waals surface area contributed by atoms with Gasteiger partial charge in [0, 0.05) is 31.8 Å². The largest absolute Gasteiger partial charge is 0.493 e. The van der Waals surface area contributed by atoms with Crippen molar-refractivity contribution in [3.05, 3.63) is 48.0 Å². The molecule has 2 aromatic rings. The third-order valence-corrected chi connectivity index (χ3v) is 3.27. The summed E-state index contributed by atoms with van der Waals surface area (Å²) in [5.41, 5.74) is 1.17. The molecule has 0 saturated heterocycles. The van der Waals surface area contributed by atoms with E-state index in [1.54, 1.807) is 6.20 Å². The summed E-state index contributed by atoms with van der Waals surface area (Å²) in [7, 11) is 0. The minimum absolute atomic E-state index is 0.424. The van der Waals surface area contributed by atoms with Crippen LogP contribution in [0.15, 0.2) is 36.7 Å². The Hall–Kier alpha value is -1.81. The van der Waals surface area contributed by atoms with Crippen molar-refractivity contribution >= 4 is 0 Å². The third kappa shape index (κ3) is 4.10. The molecule has 0 bridgehead atoms. The van der Waals surface area contributed by atoms with E-state index in [1.807, 2.05) is 42.0 Å². The van der Waals surface area contributed by atoms with E-state index in [1.165, 1.54) is 5.56 Å². The molecule has 2 rings (SSSR count). The number of hydrogen-bond donors (Lipinski definition) is 1. The van der Waals surface area contributed by atoms with Crippen molar-refractivity contribution in [2.45, 2.75) is 39.3 Å². The van der Waals surface area contributed by atoms with E-state index < -0.39 is 6.10 Å². The normalized spacial score (nSPS) is 12.3. The number of benzene rings is 1. The molecule has 0 aliphatic rings. The summed E-state index contributed by atoms with van der Waals surface area (Å²) in [6, 6.07) is 7.94. The summed E-state index contributed by atoms with van der Waals surface area (Å²) in [6.45, 7) is 5.49. The molecule has 4 heteroatoms. The number of aliphatic hydroxyl groups excluding tert-OH is 1. The van der Waals surface area contributed by atoms with Crippen LogP contribution >= 0.6 is 0 Å². The first-order chi connectivity index (χ1) is 9.69. The van der Waals surface area contributed by atoms with Crippen molar-refractivity contribution in [3.63, 3.8) is 0 Å². The summed E-state index contributed by atoms with van der Waals surface area (Å²) in [5, 5.41) is 10.0. The lowest BCUT2D eigenvalue weighted by molar-refractivity contribution is 0.136. The highest BCUT2D eigenvalue weighted by molar-refractivity contribution is 5.27. The fourth-order valence-corrected chi connectivity index (χ4v) is 2.15. The number of aliphatic hydroxyl groups is 1. The van der Waals surface area contributed by atoms with E-state index >= 15 is 0 Å². The molecule has 1 aromatic carbocycles. The zero-order chi connectivity index (χ0) is 14.4. The standard InChI is InChI=1S/C16H22N2O2/c1-3-18-9-8-17-16(18)12-14(19)7-10-20-15-6-4-5-13(2)11-15/h4-6,8-9,11,14,19H,3,7,10,12H2,1-2H3. The molecule has 0 aliphatic heterocycles. The first-order valence-corrected chi connectivity index (χ1v) is 7.06. The lowest BCUT2D eigenvalue weighted by Crippen LogP contribution is -2.17. The molecule has 1 N–H and O–H groups in total. The highest BCUT2D eigenvalue weighted by atomic mass is 16.5. The van der Waals surface area contributed by atoms with Gasteiger partial charge in [0.15, 0.2) is 0 Å². The second-order valence-electron chi connectivity index (χ2n) is 4.94. The Labute approximate surface area is 120 Å². The number of rotatable bonds is 7. The number of aromatic nitrogens is 2. The second kappa shape index (κ2) is 7.10. The van der Waals surface area contributed by atoms with Gasteiger partial charge in [-0.3, -0.25) is 0 Å². The highest BCUT2D eigenvalue weighted by Gasteiger charge is 2.10. The van der Waals surface area contributed by atoms with E-state index in [4.69, 9.17) is 4.74 Å². The SMILES string of the molecule is CCn1ccnc1CC(O)CCOc1cccc(C)c1. The molecule has 20 heavy (non-hydrogen) atoms. The van der Waals surface area contributed by atoms with Gasteiger partial charge < -0.3 is 14.4 Å². The maximum atomic E-state index is 10.0. The number of nitrogens with zero attached hydrogens (tertiary/aromatic N) is 2. The molecule has 0 amide bonds. The van der Waals surface area contributed by atoms with E-state index in [9.17, 15) is 5.11 Å². The summed E-state index contributed by atoms with van der Waals surface area (Å²) in [5.74, 6) is 1.78. The average molecular weight is 274 g/mol. The molecule has 0 fully saturated rings. The van der Waals surface area contributed by atoms with Crippen LogP contribution in [0, 0.1) is 6.92 Å². The fourth-order valence-electron chi connectivity index (χ4n) is 2.15. The predicted octanol–water partition coefficient (Wildman–Crippen LogP) is 2.58. The van der Waals surface area contributed by atoms with E-state index in [0.717, 1.165) is 18.1 Å².